The Morgan fingerprint density at radius 1 is 1.36 bits per heavy atom. The summed E-state index contributed by atoms with van der Waals surface area (Å²) < 4.78 is 10.4. The molecule has 0 N–H and O–H groups in total. The van der Waals surface area contributed by atoms with E-state index in [1.165, 1.54) is 6.92 Å². The maximum atomic E-state index is 10.5. The van der Waals surface area contributed by atoms with Gasteiger partial charge in [0.2, 0.25) is 8.56 Å². The topological polar surface area (TPSA) is 35.5 Å². The summed E-state index contributed by atoms with van der Waals surface area (Å²) in [6.45, 7) is 8.11. The fourth-order valence-electron chi connectivity index (χ4n) is 0.606. The Morgan fingerprint density at radius 2 is 1.91 bits per heavy atom. The van der Waals surface area contributed by atoms with Gasteiger partial charge in [0, 0.05) is 13.5 Å². The normalized spacial score (nSPS) is 10.7. The summed E-state index contributed by atoms with van der Waals surface area (Å²) >= 11 is 0. The maximum Gasteiger partial charge on any atom is 0.295 e. The van der Waals surface area contributed by atoms with Crippen LogP contribution >= 0.6 is 0 Å². The zero-order valence-corrected chi connectivity index (χ0v) is 9.43. The number of rotatable bonds is 4. The lowest BCUT2D eigenvalue weighted by Gasteiger charge is -2.14. The molecule has 3 nitrogen and oxygen atoms in total. The summed E-state index contributed by atoms with van der Waals surface area (Å²) in [5.74, 6) is -0.189. The quantitative estimate of drug-likeness (QED) is 0.618. The van der Waals surface area contributed by atoms with Gasteiger partial charge in [0.25, 0.3) is 14.5 Å². The van der Waals surface area contributed by atoms with E-state index in [9.17, 15) is 4.79 Å². The van der Waals surface area contributed by atoms with Crippen molar-refractivity contribution in [3.05, 3.63) is 0 Å². The molecule has 0 aliphatic heterocycles. The van der Waals surface area contributed by atoms with Gasteiger partial charge >= 0.3 is 0 Å². The number of carbonyl (C=O) groups excluding carboxylic acids is 1. The molecule has 0 rings (SSSR count). The molecule has 2 radical (unpaired) electrons. The van der Waals surface area contributed by atoms with Gasteiger partial charge in [0.1, 0.15) is 0 Å². The summed E-state index contributed by atoms with van der Waals surface area (Å²) in [5.41, 5.74) is 0. The van der Waals surface area contributed by atoms with E-state index in [-0.39, 0.29) is 5.97 Å². The van der Waals surface area contributed by atoms with Gasteiger partial charge in [-0.05, 0) is 20.0 Å². The predicted octanol–water partition coefficient (Wildman–Crippen LogP) is 0.907. The standard InChI is InChI=1S/C6H14O3Si2/c1-5-8-10(3)11(4)9-6(2)7/h5H2,1-4H3. The SMILES string of the molecule is CCO[Si](C)[Si](C)OC(C)=O. The lowest BCUT2D eigenvalue weighted by molar-refractivity contribution is -0.132. The Bertz CT molecular complexity index is 129. The van der Waals surface area contributed by atoms with Crippen LogP contribution in [0.15, 0.2) is 0 Å². The predicted molar refractivity (Wildman–Crippen MR) is 46.6 cm³/mol. The second-order valence-electron chi connectivity index (χ2n) is 2.14. The van der Waals surface area contributed by atoms with E-state index in [1.807, 2.05) is 20.0 Å². The molecule has 0 aliphatic carbocycles. The van der Waals surface area contributed by atoms with Gasteiger partial charge in [-0.1, -0.05) is 0 Å². The first kappa shape index (κ1) is 10.9. The first-order chi connectivity index (χ1) is 5.07. The second-order valence-corrected chi connectivity index (χ2v) is 9.08. The molecule has 0 aromatic heterocycles. The molecule has 64 valence electrons. The molecule has 11 heavy (non-hydrogen) atoms. The molecule has 0 aromatic rings. The maximum absolute atomic E-state index is 10.5. The van der Waals surface area contributed by atoms with Crippen LogP contribution in [0.25, 0.3) is 0 Å². The van der Waals surface area contributed by atoms with Crippen molar-refractivity contribution in [1.29, 1.82) is 0 Å². The largest absolute Gasteiger partial charge is 0.518 e. The molecule has 0 amide bonds. The van der Waals surface area contributed by atoms with Gasteiger partial charge in [-0.15, -0.1) is 0 Å². The Labute approximate surface area is 70.9 Å². The molecule has 0 heterocycles. The first-order valence-electron chi connectivity index (χ1n) is 3.56. The van der Waals surface area contributed by atoms with E-state index in [0.29, 0.717) is 6.61 Å². The molecule has 0 aromatic carbocycles. The van der Waals surface area contributed by atoms with Crippen molar-refractivity contribution in [2.45, 2.75) is 26.9 Å². The van der Waals surface area contributed by atoms with Crippen LogP contribution < -0.4 is 0 Å². The smallest absolute Gasteiger partial charge is 0.295 e. The fraction of sp³-hybridized carbons (Fsp3) is 0.833. The minimum atomic E-state index is -0.999. The number of carbonyl (C=O) groups is 1. The Balaban J connectivity index is 3.63. The van der Waals surface area contributed by atoms with E-state index in [4.69, 9.17) is 8.85 Å². The van der Waals surface area contributed by atoms with Gasteiger partial charge in [0.15, 0.2) is 0 Å². The molecule has 0 atom stereocenters. The van der Waals surface area contributed by atoms with E-state index in [2.05, 4.69) is 0 Å². The summed E-state index contributed by atoms with van der Waals surface area (Å²) in [6.07, 6.45) is 0. The van der Waals surface area contributed by atoms with E-state index < -0.39 is 17.1 Å². The zero-order chi connectivity index (χ0) is 8.85. The van der Waals surface area contributed by atoms with Crippen LogP contribution in [0.1, 0.15) is 13.8 Å². The minimum Gasteiger partial charge on any atom is -0.518 e. The summed E-state index contributed by atoms with van der Waals surface area (Å²) in [5, 5.41) is 0. The first-order valence-corrected chi connectivity index (χ1v) is 8.38. The highest BCUT2D eigenvalue weighted by molar-refractivity contribution is 7.16. The highest BCUT2D eigenvalue weighted by Gasteiger charge is 2.22. The Kier molecular flexibility index (Phi) is 5.44. The van der Waals surface area contributed by atoms with Crippen molar-refractivity contribution in [3.63, 3.8) is 0 Å². The molecule has 0 spiro atoms. The van der Waals surface area contributed by atoms with Crippen LogP contribution in [0.5, 0.6) is 0 Å². The van der Waals surface area contributed by atoms with E-state index in [0.717, 1.165) is 0 Å². The monoisotopic (exact) mass is 190 g/mol. The van der Waals surface area contributed by atoms with Gasteiger partial charge in [0.05, 0.1) is 0 Å². The number of hydrogen-bond acceptors (Lipinski definition) is 3. The lowest BCUT2D eigenvalue weighted by atomic mass is 10.9. The highest BCUT2D eigenvalue weighted by atomic mass is 29.2. The molecule has 5 heteroatoms. The van der Waals surface area contributed by atoms with Crippen LogP contribution in [-0.2, 0) is 13.6 Å². The van der Waals surface area contributed by atoms with Gasteiger partial charge < -0.3 is 8.85 Å². The summed E-state index contributed by atoms with van der Waals surface area (Å²) in [4.78, 5) is 10.5. The average Bonchev–Trinajstić information content (AvgIpc) is 1.86. The van der Waals surface area contributed by atoms with Gasteiger partial charge in [-0.2, -0.15) is 0 Å². The third-order valence-electron chi connectivity index (χ3n) is 1.15. The van der Waals surface area contributed by atoms with Crippen molar-refractivity contribution in [1.82, 2.24) is 0 Å². The van der Waals surface area contributed by atoms with Crippen molar-refractivity contribution < 1.29 is 13.6 Å². The Hall–Kier alpha value is -0.136. The third kappa shape index (κ3) is 5.17. The molecule has 0 aliphatic rings. The van der Waals surface area contributed by atoms with Crippen LogP contribution in [-0.4, -0.2) is 29.7 Å². The fourth-order valence-corrected chi connectivity index (χ4v) is 3.72. The Morgan fingerprint density at radius 3 is 2.27 bits per heavy atom. The van der Waals surface area contributed by atoms with Crippen LogP contribution in [0, 0.1) is 0 Å². The zero-order valence-electron chi connectivity index (χ0n) is 7.43. The summed E-state index contributed by atoms with van der Waals surface area (Å²) in [7, 11) is -1.85. The van der Waals surface area contributed by atoms with Crippen molar-refractivity contribution in [2.24, 2.45) is 0 Å². The van der Waals surface area contributed by atoms with Crippen molar-refractivity contribution >= 4 is 23.1 Å². The van der Waals surface area contributed by atoms with Crippen LogP contribution in [0.3, 0.4) is 0 Å². The van der Waals surface area contributed by atoms with Gasteiger partial charge in [-0.25, -0.2) is 0 Å². The molecule has 0 unspecified atom stereocenters. The average molecular weight is 190 g/mol. The molecular weight excluding hydrogens is 176 g/mol. The highest BCUT2D eigenvalue weighted by Crippen LogP contribution is 1.95. The van der Waals surface area contributed by atoms with Crippen LogP contribution in [0.4, 0.5) is 0 Å². The molecule has 0 saturated heterocycles. The van der Waals surface area contributed by atoms with Gasteiger partial charge in [-0.3, -0.25) is 4.79 Å². The van der Waals surface area contributed by atoms with E-state index in [1.54, 1.807) is 0 Å². The minimum absolute atomic E-state index is 0.189. The molecule has 0 fully saturated rings. The van der Waals surface area contributed by atoms with E-state index >= 15 is 0 Å². The van der Waals surface area contributed by atoms with Crippen LogP contribution in [0.2, 0.25) is 13.1 Å². The number of hydrogen-bond donors (Lipinski definition) is 0. The summed E-state index contributed by atoms with van der Waals surface area (Å²) in [6, 6.07) is 0. The lowest BCUT2D eigenvalue weighted by Crippen LogP contribution is -2.37. The molecule has 0 saturated carbocycles. The molecule has 0 bridgehead atoms. The second kappa shape index (κ2) is 5.51. The van der Waals surface area contributed by atoms with Crippen molar-refractivity contribution in [3.8, 4) is 0 Å². The van der Waals surface area contributed by atoms with Crippen molar-refractivity contribution in [2.75, 3.05) is 6.61 Å². The molecular formula is C6H14O3Si2. The third-order valence-corrected chi connectivity index (χ3v) is 7.17.